The summed E-state index contributed by atoms with van der Waals surface area (Å²) in [7, 11) is 0. The Morgan fingerprint density at radius 2 is 1.57 bits per heavy atom. The van der Waals surface area contributed by atoms with Crippen molar-refractivity contribution in [2.45, 2.75) is 64.4 Å². The first-order valence-corrected chi connectivity index (χ1v) is 13.4. The van der Waals surface area contributed by atoms with Crippen LogP contribution in [0.1, 0.15) is 74.1 Å². The van der Waals surface area contributed by atoms with Crippen molar-refractivity contribution in [2.24, 2.45) is 0 Å². The first-order valence-electron chi connectivity index (χ1n) is 13.4. The number of ether oxygens (including phenoxy) is 1. The van der Waals surface area contributed by atoms with Gasteiger partial charge in [-0.25, -0.2) is 0 Å². The van der Waals surface area contributed by atoms with Crippen LogP contribution in [0.25, 0.3) is 11.1 Å². The Morgan fingerprint density at radius 1 is 0.865 bits per heavy atom. The molecule has 4 rings (SSSR count). The van der Waals surface area contributed by atoms with Gasteiger partial charge in [0.25, 0.3) is 0 Å². The van der Waals surface area contributed by atoms with Gasteiger partial charge in [-0.2, -0.15) is 0 Å². The zero-order valence-electron chi connectivity index (χ0n) is 21.6. The summed E-state index contributed by atoms with van der Waals surface area (Å²) in [5.74, 6) is 1.40. The van der Waals surface area contributed by atoms with E-state index in [0.29, 0.717) is 6.42 Å². The van der Waals surface area contributed by atoms with Crippen molar-refractivity contribution in [3.05, 3.63) is 101 Å². The molecule has 0 aromatic heterocycles. The summed E-state index contributed by atoms with van der Waals surface area (Å²) in [5.41, 5.74) is 6.89. The van der Waals surface area contributed by atoms with Crippen LogP contribution in [0, 0.1) is 0 Å². The summed E-state index contributed by atoms with van der Waals surface area (Å²) in [6.07, 6.45) is 11.3. The molecule has 0 amide bonds. The second-order valence-electron chi connectivity index (χ2n) is 9.65. The molecule has 1 unspecified atom stereocenters. The van der Waals surface area contributed by atoms with Crippen LogP contribution in [0.15, 0.2) is 78.9 Å². The van der Waals surface area contributed by atoms with Gasteiger partial charge in [0.1, 0.15) is 17.2 Å². The molecule has 0 saturated carbocycles. The molecule has 0 heterocycles. The number of phenols is 2. The van der Waals surface area contributed by atoms with Gasteiger partial charge in [0.05, 0.1) is 12.8 Å². The lowest BCUT2D eigenvalue weighted by molar-refractivity contribution is 0.188. The third-order valence-electron chi connectivity index (χ3n) is 6.98. The molecule has 1 aliphatic carbocycles. The van der Waals surface area contributed by atoms with E-state index in [4.69, 9.17) is 4.74 Å². The Kier molecular flexibility index (Phi) is 9.42. The number of aryl methyl sites for hydroxylation is 1. The largest absolute Gasteiger partial charge is 0.508 e. The number of fused-ring (bicyclic) bond motifs is 1. The fourth-order valence-electron chi connectivity index (χ4n) is 5.01. The average molecular weight is 501 g/mol. The maximum Gasteiger partial charge on any atom is 0.119 e. The number of unbranched alkanes of at least 4 members (excludes halogenated alkanes) is 1. The van der Waals surface area contributed by atoms with E-state index in [1.54, 1.807) is 18.2 Å². The maximum atomic E-state index is 12.2. The van der Waals surface area contributed by atoms with Crippen LogP contribution in [-0.4, -0.2) is 23.0 Å². The highest BCUT2D eigenvalue weighted by Crippen LogP contribution is 2.41. The number of aromatic hydroxyl groups is 2. The minimum Gasteiger partial charge on any atom is -0.508 e. The van der Waals surface area contributed by atoms with Crippen LogP contribution in [0.2, 0.25) is 0 Å². The molecule has 0 radical (unpaired) electrons. The summed E-state index contributed by atoms with van der Waals surface area (Å²) in [6.45, 7) is 1.88. The number of hydrogen-bond acceptors (Lipinski definition) is 3. The Hall–Kier alpha value is -3.53. The zero-order chi connectivity index (χ0) is 26.0. The minimum atomic E-state index is -0.261. The first kappa shape index (κ1) is 26.5. The van der Waals surface area contributed by atoms with Gasteiger partial charge in [-0.3, -0.25) is 4.39 Å². The quantitative estimate of drug-likeness (QED) is 0.205. The molecule has 0 aliphatic heterocycles. The van der Waals surface area contributed by atoms with Crippen molar-refractivity contribution in [1.29, 1.82) is 0 Å². The van der Waals surface area contributed by atoms with E-state index >= 15 is 0 Å². The molecule has 4 heteroatoms. The monoisotopic (exact) mass is 500 g/mol. The molecule has 1 atom stereocenters. The van der Waals surface area contributed by atoms with Gasteiger partial charge < -0.3 is 14.9 Å². The van der Waals surface area contributed by atoms with Gasteiger partial charge in [-0.1, -0.05) is 49.4 Å². The molecule has 0 bridgehead atoms. The molecule has 0 saturated heterocycles. The second kappa shape index (κ2) is 13.1. The maximum absolute atomic E-state index is 12.2. The van der Waals surface area contributed by atoms with E-state index in [-0.39, 0.29) is 24.3 Å². The predicted molar refractivity (Wildman–Crippen MR) is 150 cm³/mol. The summed E-state index contributed by atoms with van der Waals surface area (Å²) in [4.78, 5) is 0. The molecular formula is C33H37FO3. The highest BCUT2D eigenvalue weighted by atomic mass is 19.1. The number of allylic oxidation sites excluding steroid dienone is 3. The summed E-state index contributed by atoms with van der Waals surface area (Å²) in [6, 6.07) is 21.4. The summed E-state index contributed by atoms with van der Waals surface area (Å²) < 4.78 is 18.5. The Balaban J connectivity index is 1.60. The van der Waals surface area contributed by atoms with Crippen molar-refractivity contribution < 1.29 is 19.3 Å². The van der Waals surface area contributed by atoms with E-state index in [1.165, 1.54) is 5.57 Å². The lowest BCUT2D eigenvalue weighted by Gasteiger charge is -2.19. The number of alkyl halides is 1. The van der Waals surface area contributed by atoms with Gasteiger partial charge >= 0.3 is 0 Å². The first-order chi connectivity index (χ1) is 18.1. The van der Waals surface area contributed by atoms with Crippen LogP contribution in [0.5, 0.6) is 17.2 Å². The number of hydrogen-bond donors (Lipinski definition) is 2. The minimum absolute atomic E-state index is 0.130. The van der Waals surface area contributed by atoms with Gasteiger partial charge in [0.15, 0.2) is 0 Å². The van der Waals surface area contributed by atoms with E-state index in [9.17, 15) is 14.6 Å². The lowest BCUT2D eigenvalue weighted by Crippen LogP contribution is -2.14. The molecular weight excluding hydrogens is 463 g/mol. The van der Waals surface area contributed by atoms with Crippen molar-refractivity contribution in [3.63, 3.8) is 0 Å². The van der Waals surface area contributed by atoms with Crippen LogP contribution < -0.4 is 4.74 Å². The molecule has 194 valence electrons. The van der Waals surface area contributed by atoms with E-state index in [2.05, 4.69) is 31.2 Å². The van der Waals surface area contributed by atoms with Crippen LogP contribution >= 0.6 is 0 Å². The Morgan fingerprint density at radius 3 is 2.30 bits per heavy atom. The third kappa shape index (κ3) is 7.03. The highest BCUT2D eigenvalue weighted by molar-refractivity contribution is 6.00. The summed E-state index contributed by atoms with van der Waals surface area (Å²) in [5, 5.41) is 20.0. The average Bonchev–Trinajstić information content (AvgIpc) is 3.10. The topological polar surface area (TPSA) is 49.7 Å². The number of phenolic OH excluding ortho intramolecular Hbond substituents is 2. The summed E-state index contributed by atoms with van der Waals surface area (Å²) >= 11 is 0. The van der Waals surface area contributed by atoms with E-state index in [1.807, 2.05) is 36.4 Å². The van der Waals surface area contributed by atoms with Gasteiger partial charge in [0, 0.05) is 0 Å². The van der Waals surface area contributed by atoms with Crippen molar-refractivity contribution >= 4 is 11.1 Å². The number of halogens is 1. The molecule has 3 aromatic rings. The van der Waals surface area contributed by atoms with Crippen LogP contribution in [-0.2, 0) is 6.42 Å². The van der Waals surface area contributed by atoms with Crippen LogP contribution in [0.3, 0.4) is 0 Å². The SMILES string of the molecule is CCC(CC/C=C/CCCF)Oc1ccc(C2=C(c3ccc(O)cc3)CCCc3cc(O)ccc32)cc1. The highest BCUT2D eigenvalue weighted by Gasteiger charge is 2.21. The molecule has 1 aliphatic rings. The fraction of sp³-hybridized carbons (Fsp3) is 0.333. The molecule has 3 aromatic carbocycles. The lowest BCUT2D eigenvalue weighted by atomic mass is 9.88. The molecule has 3 nitrogen and oxygen atoms in total. The Bertz CT molecular complexity index is 1210. The Labute approximate surface area is 220 Å². The van der Waals surface area contributed by atoms with E-state index < -0.39 is 0 Å². The van der Waals surface area contributed by atoms with E-state index in [0.717, 1.165) is 78.5 Å². The van der Waals surface area contributed by atoms with Gasteiger partial charge in [-0.05, 0) is 121 Å². The van der Waals surface area contributed by atoms with Crippen molar-refractivity contribution in [1.82, 2.24) is 0 Å². The fourth-order valence-corrected chi connectivity index (χ4v) is 5.01. The van der Waals surface area contributed by atoms with Crippen molar-refractivity contribution in [3.8, 4) is 17.2 Å². The second-order valence-corrected chi connectivity index (χ2v) is 9.65. The molecule has 37 heavy (non-hydrogen) atoms. The third-order valence-corrected chi connectivity index (χ3v) is 6.98. The van der Waals surface area contributed by atoms with Crippen molar-refractivity contribution in [2.75, 3.05) is 6.67 Å². The predicted octanol–water partition coefficient (Wildman–Crippen LogP) is 8.64. The normalized spacial score (nSPS) is 14.4. The van der Waals surface area contributed by atoms with Crippen LogP contribution in [0.4, 0.5) is 4.39 Å². The van der Waals surface area contributed by atoms with Gasteiger partial charge in [0.2, 0.25) is 0 Å². The molecule has 0 spiro atoms. The molecule has 2 N–H and O–H groups in total. The zero-order valence-corrected chi connectivity index (χ0v) is 21.6. The molecule has 0 fully saturated rings. The number of rotatable bonds is 11. The standard InChI is InChI=1S/C33H37FO3/c1-2-29(10-6-4-3-5-7-22-34)37-30-19-14-25(15-20-30)33-31(24-12-16-27(35)17-13-24)11-8-9-26-23-28(36)18-21-32(26)33/h3-4,12-21,23,29,35-36H,2,5-11,22H2,1H3/b4-3+. The smallest absolute Gasteiger partial charge is 0.119 e. The van der Waals surface area contributed by atoms with Gasteiger partial charge in [-0.15, -0.1) is 0 Å². The number of benzene rings is 3.